The molecule has 0 saturated heterocycles. The van der Waals surface area contributed by atoms with Crippen molar-refractivity contribution in [2.45, 2.75) is 19.4 Å². The molecule has 18 heavy (non-hydrogen) atoms. The number of carboxylic acids is 1. The van der Waals surface area contributed by atoms with Crippen LogP contribution in [0, 0.1) is 5.92 Å². The number of carbonyl (C=O) groups is 1. The van der Waals surface area contributed by atoms with Gasteiger partial charge in [0.05, 0.1) is 11.8 Å². The predicted molar refractivity (Wildman–Crippen MR) is 67.3 cm³/mol. The molecule has 0 spiro atoms. The van der Waals surface area contributed by atoms with Crippen molar-refractivity contribution >= 4 is 5.97 Å². The number of aromatic nitrogens is 2. The summed E-state index contributed by atoms with van der Waals surface area (Å²) in [6.07, 6.45) is 6.23. The Balaban J connectivity index is 1.93. The highest BCUT2D eigenvalue weighted by Gasteiger charge is 2.22. The zero-order valence-electron chi connectivity index (χ0n) is 9.91. The fourth-order valence-electron chi connectivity index (χ4n) is 2.09. The quantitative estimate of drug-likeness (QED) is 0.896. The van der Waals surface area contributed by atoms with Crippen LogP contribution in [-0.2, 0) is 6.54 Å². The van der Waals surface area contributed by atoms with Crippen molar-refractivity contribution in [1.82, 2.24) is 9.78 Å². The van der Waals surface area contributed by atoms with E-state index in [-0.39, 0.29) is 0 Å². The lowest BCUT2D eigenvalue weighted by molar-refractivity contribution is 0.0697. The summed E-state index contributed by atoms with van der Waals surface area (Å²) in [7, 11) is 0. The fraction of sp³-hybridized carbons (Fsp3) is 0.286. The van der Waals surface area contributed by atoms with Crippen LogP contribution in [0.15, 0.2) is 36.7 Å². The van der Waals surface area contributed by atoms with E-state index < -0.39 is 5.97 Å². The van der Waals surface area contributed by atoms with E-state index >= 15 is 0 Å². The third kappa shape index (κ3) is 2.14. The highest BCUT2D eigenvalue weighted by Crippen LogP contribution is 2.31. The van der Waals surface area contributed by atoms with E-state index in [2.05, 4.69) is 5.10 Å². The van der Waals surface area contributed by atoms with Crippen LogP contribution in [-0.4, -0.2) is 20.9 Å². The van der Waals surface area contributed by atoms with Crippen molar-refractivity contribution in [2.75, 3.05) is 0 Å². The minimum atomic E-state index is -0.902. The molecule has 1 fully saturated rings. The topological polar surface area (TPSA) is 55.1 Å². The summed E-state index contributed by atoms with van der Waals surface area (Å²) >= 11 is 0. The predicted octanol–water partition coefficient (Wildman–Crippen LogP) is 2.66. The van der Waals surface area contributed by atoms with Crippen molar-refractivity contribution < 1.29 is 9.90 Å². The van der Waals surface area contributed by atoms with E-state index in [1.807, 2.05) is 23.0 Å². The maximum atomic E-state index is 11.2. The van der Waals surface area contributed by atoms with Crippen molar-refractivity contribution in [3.63, 3.8) is 0 Å². The van der Waals surface area contributed by atoms with Crippen LogP contribution in [0.4, 0.5) is 0 Å². The van der Waals surface area contributed by atoms with Crippen LogP contribution in [0.25, 0.3) is 11.1 Å². The van der Waals surface area contributed by atoms with E-state index in [1.54, 1.807) is 18.3 Å². The van der Waals surface area contributed by atoms with E-state index in [1.165, 1.54) is 12.8 Å². The maximum absolute atomic E-state index is 11.2. The van der Waals surface area contributed by atoms with Crippen LogP contribution < -0.4 is 0 Å². The van der Waals surface area contributed by atoms with Gasteiger partial charge in [0.25, 0.3) is 0 Å². The molecule has 0 bridgehead atoms. The Morgan fingerprint density at radius 3 is 2.89 bits per heavy atom. The van der Waals surface area contributed by atoms with Gasteiger partial charge in [-0.05, 0) is 30.4 Å². The van der Waals surface area contributed by atoms with Gasteiger partial charge in [0.15, 0.2) is 0 Å². The Morgan fingerprint density at radius 1 is 1.39 bits per heavy atom. The number of rotatable bonds is 4. The summed E-state index contributed by atoms with van der Waals surface area (Å²) in [5.74, 6) is -0.145. The van der Waals surface area contributed by atoms with Gasteiger partial charge in [-0.25, -0.2) is 4.79 Å². The second-order valence-corrected chi connectivity index (χ2v) is 4.75. The monoisotopic (exact) mass is 242 g/mol. The van der Waals surface area contributed by atoms with E-state index in [9.17, 15) is 4.79 Å². The van der Waals surface area contributed by atoms with Gasteiger partial charge in [-0.15, -0.1) is 0 Å². The minimum Gasteiger partial charge on any atom is -0.478 e. The Morgan fingerprint density at radius 2 is 2.17 bits per heavy atom. The summed E-state index contributed by atoms with van der Waals surface area (Å²) in [6.45, 7) is 0.940. The van der Waals surface area contributed by atoms with Gasteiger partial charge < -0.3 is 5.11 Å². The molecule has 92 valence electrons. The summed E-state index contributed by atoms with van der Waals surface area (Å²) in [5, 5.41) is 13.5. The number of hydrogen-bond acceptors (Lipinski definition) is 2. The molecule has 3 rings (SSSR count). The van der Waals surface area contributed by atoms with Gasteiger partial charge in [0, 0.05) is 18.3 Å². The highest BCUT2D eigenvalue weighted by atomic mass is 16.4. The Labute approximate surface area is 105 Å². The van der Waals surface area contributed by atoms with Gasteiger partial charge in [0.1, 0.15) is 0 Å². The van der Waals surface area contributed by atoms with Crippen LogP contribution in [0.2, 0.25) is 0 Å². The molecule has 1 N–H and O–H groups in total. The standard InChI is InChI=1S/C14H14N2O2/c17-14(18)13-4-2-1-3-12(13)11-7-15-16(9-11)8-10-5-6-10/h1-4,7,9-10H,5-6,8H2,(H,17,18). The third-order valence-electron chi connectivity index (χ3n) is 3.24. The molecule has 1 aromatic heterocycles. The fourth-order valence-corrected chi connectivity index (χ4v) is 2.09. The van der Waals surface area contributed by atoms with Crippen molar-refractivity contribution in [3.8, 4) is 11.1 Å². The van der Waals surface area contributed by atoms with Gasteiger partial charge in [-0.2, -0.15) is 5.10 Å². The number of carboxylic acid groups (broad SMARTS) is 1. The van der Waals surface area contributed by atoms with Crippen LogP contribution in [0.5, 0.6) is 0 Å². The van der Waals surface area contributed by atoms with Gasteiger partial charge in [0.2, 0.25) is 0 Å². The number of aromatic carboxylic acids is 1. The molecule has 4 heteroatoms. The van der Waals surface area contributed by atoms with E-state index in [0.717, 1.165) is 23.6 Å². The van der Waals surface area contributed by atoms with Gasteiger partial charge in [-0.1, -0.05) is 18.2 Å². The average molecular weight is 242 g/mol. The normalized spacial score (nSPS) is 14.7. The molecular weight excluding hydrogens is 228 g/mol. The molecule has 0 aliphatic heterocycles. The first kappa shape index (κ1) is 11.0. The zero-order valence-corrected chi connectivity index (χ0v) is 9.91. The lowest BCUT2D eigenvalue weighted by Gasteiger charge is -2.02. The lowest BCUT2D eigenvalue weighted by Crippen LogP contribution is -2.00. The molecule has 0 unspecified atom stereocenters. The second-order valence-electron chi connectivity index (χ2n) is 4.75. The zero-order chi connectivity index (χ0) is 12.5. The summed E-state index contributed by atoms with van der Waals surface area (Å²) < 4.78 is 1.91. The smallest absolute Gasteiger partial charge is 0.336 e. The lowest BCUT2D eigenvalue weighted by atomic mass is 10.0. The minimum absolute atomic E-state index is 0.323. The highest BCUT2D eigenvalue weighted by molar-refractivity contribution is 5.95. The molecule has 0 atom stereocenters. The number of hydrogen-bond donors (Lipinski definition) is 1. The first-order valence-electron chi connectivity index (χ1n) is 6.09. The van der Waals surface area contributed by atoms with Crippen molar-refractivity contribution in [1.29, 1.82) is 0 Å². The molecule has 0 radical (unpaired) electrons. The first-order chi connectivity index (χ1) is 8.74. The molecule has 1 aromatic carbocycles. The Hall–Kier alpha value is -2.10. The number of benzene rings is 1. The maximum Gasteiger partial charge on any atom is 0.336 e. The van der Waals surface area contributed by atoms with Crippen LogP contribution in [0.1, 0.15) is 23.2 Å². The van der Waals surface area contributed by atoms with E-state index in [0.29, 0.717) is 5.56 Å². The SMILES string of the molecule is O=C(O)c1ccccc1-c1cnn(CC2CC2)c1. The summed E-state index contributed by atoms with van der Waals surface area (Å²) in [4.78, 5) is 11.2. The van der Waals surface area contributed by atoms with Crippen LogP contribution >= 0.6 is 0 Å². The molecule has 2 aromatic rings. The molecule has 1 aliphatic carbocycles. The molecule has 0 amide bonds. The Bertz CT molecular complexity index is 585. The molecular formula is C14H14N2O2. The van der Waals surface area contributed by atoms with Crippen LogP contribution in [0.3, 0.4) is 0 Å². The van der Waals surface area contributed by atoms with E-state index in [4.69, 9.17) is 5.11 Å². The number of nitrogens with zero attached hydrogens (tertiary/aromatic N) is 2. The Kier molecular flexibility index (Phi) is 2.63. The molecule has 4 nitrogen and oxygen atoms in total. The third-order valence-corrected chi connectivity index (χ3v) is 3.24. The first-order valence-corrected chi connectivity index (χ1v) is 6.09. The molecule has 1 saturated carbocycles. The molecule has 1 heterocycles. The van der Waals surface area contributed by atoms with Gasteiger partial charge in [-0.3, -0.25) is 4.68 Å². The second kappa shape index (κ2) is 4.29. The molecule has 1 aliphatic rings. The van der Waals surface area contributed by atoms with Gasteiger partial charge >= 0.3 is 5.97 Å². The summed E-state index contributed by atoms with van der Waals surface area (Å²) in [5.41, 5.74) is 1.92. The van der Waals surface area contributed by atoms with Crippen molar-refractivity contribution in [3.05, 3.63) is 42.2 Å². The summed E-state index contributed by atoms with van der Waals surface area (Å²) in [6, 6.07) is 7.03. The average Bonchev–Trinajstić information content (AvgIpc) is 3.05. The largest absolute Gasteiger partial charge is 0.478 e. The van der Waals surface area contributed by atoms with Crippen molar-refractivity contribution in [2.24, 2.45) is 5.92 Å².